The van der Waals surface area contributed by atoms with Crippen LogP contribution in [0.2, 0.25) is 0 Å². The fourth-order valence-corrected chi connectivity index (χ4v) is 3.21. The molecule has 1 atom stereocenters. The van der Waals surface area contributed by atoms with Crippen molar-refractivity contribution in [3.05, 3.63) is 36.9 Å². The molecule has 0 saturated heterocycles. The Hall–Kier alpha value is -1.22. The van der Waals surface area contributed by atoms with Gasteiger partial charge in [-0.3, -0.25) is 0 Å². The van der Waals surface area contributed by atoms with Gasteiger partial charge in [-0.05, 0) is 37.6 Å². The first-order valence-electron chi connectivity index (χ1n) is 5.43. The third-order valence-electron chi connectivity index (χ3n) is 2.34. The van der Waals surface area contributed by atoms with Gasteiger partial charge in [0.25, 0.3) is 0 Å². The molecule has 8 heteroatoms. The molecular weight excluding hydrogens is 288 g/mol. The summed E-state index contributed by atoms with van der Waals surface area (Å²) < 4.78 is 48.5. The van der Waals surface area contributed by atoms with Crippen LogP contribution in [-0.2, 0) is 20.0 Å². The first kappa shape index (κ1) is 15.8. The Labute approximate surface area is 113 Å². The minimum absolute atomic E-state index is 0.0178. The summed E-state index contributed by atoms with van der Waals surface area (Å²) in [5.41, 5.74) is 0. The van der Waals surface area contributed by atoms with E-state index in [0.29, 0.717) is 6.42 Å². The number of nitrogens with two attached hydrogens (primary N) is 1. The zero-order chi connectivity index (χ0) is 14.7. The molecular formula is C11H16N2O4S2. The molecule has 0 aliphatic rings. The van der Waals surface area contributed by atoms with E-state index in [1.54, 1.807) is 13.0 Å². The third kappa shape index (κ3) is 4.43. The van der Waals surface area contributed by atoms with Crippen LogP contribution in [0, 0.1) is 0 Å². The minimum Gasteiger partial charge on any atom is -0.225 e. The first-order valence-corrected chi connectivity index (χ1v) is 8.46. The number of hydrogen-bond donors (Lipinski definition) is 2. The highest BCUT2D eigenvalue weighted by molar-refractivity contribution is 7.89. The van der Waals surface area contributed by atoms with Crippen molar-refractivity contribution in [2.75, 3.05) is 0 Å². The molecule has 0 bridgehead atoms. The largest absolute Gasteiger partial charge is 0.240 e. The Morgan fingerprint density at radius 3 is 2.11 bits per heavy atom. The van der Waals surface area contributed by atoms with E-state index in [-0.39, 0.29) is 15.8 Å². The highest BCUT2D eigenvalue weighted by Crippen LogP contribution is 2.14. The SMILES string of the molecule is C=CCC(C)NS(=O)(=O)c1ccc(S(N)(=O)=O)cc1. The molecule has 0 fully saturated rings. The van der Waals surface area contributed by atoms with Gasteiger partial charge in [-0.25, -0.2) is 26.7 Å². The molecule has 1 unspecified atom stereocenters. The van der Waals surface area contributed by atoms with Crippen LogP contribution >= 0.6 is 0 Å². The summed E-state index contributed by atoms with van der Waals surface area (Å²) in [6, 6.07) is 4.41. The average molecular weight is 304 g/mol. The Kier molecular flexibility index (Phi) is 4.86. The topological polar surface area (TPSA) is 106 Å². The van der Waals surface area contributed by atoms with Crippen molar-refractivity contribution in [1.82, 2.24) is 4.72 Å². The van der Waals surface area contributed by atoms with Crippen LogP contribution in [0.15, 0.2) is 46.7 Å². The van der Waals surface area contributed by atoms with Crippen molar-refractivity contribution in [1.29, 1.82) is 0 Å². The second-order valence-corrected chi connectivity index (χ2v) is 7.34. The van der Waals surface area contributed by atoms with Gasteiger partial charge < -0.3 is 0 Å². The predicted molar refractivity (Wildman–Crippen MR) is 72.4 cm³/mol. The van der Waals surface area contributed by atoms with Gasteiger partial charge in [-0.15, -0.1) is 6.58 Å². The summed E-state index contributed by atoms with van der Waals surface area (Å²) in [5, 5.41) is 4.93. The van der Waals surface area contributed by atoms with Crippen LogP contribution < -0.4 is 9.86 Å². The maximum atomic E-state index is 12.0. The van der Waals surface area contributed by atoms with E-state index >= 15 is 0 Å². The van der Waals surface area contributed by atoms with Crippen molar-refractivity contribution in [2.24, 2.45) is 5.14 Å². The lowest BCUT2D eigenvalue weighted by atomic mass is 10.3. The standard InChI is InChI=1S/C11H16N2O4S2/c1-3-4-9(2)13-19(16,17)11-7-5-10(6-8-11)18(12,14)15/h3,5-9,13H,1,4H2,2H3,(H2,12,14,15). The molecule has 0 radical (unpaired) electrons. The molecule has 0 amide bonds. The highest BCUT2D eigenvalue weighted by atomic mass is 32.2. The molecule has 0 aliphatic carbocycles. The van der Waals surface area contributed by atoms with Crippen molar-refractivity contribution >= 4 is 20.0 Å². The van der Waals surface area contributed by atoms with Gasteiger partial charge in [-0.1, -0.05) is 6.08 Å². The Bertz CT molecular complexity index is 648. The number of rotatable bonds is 6. The maximum Gasteiger partial charge on any atom is 0.240 e. The number of hydrogen-bond acceptors (Lipinski definition) is 4. The second-order valence-electron chi connectivity index (χ2n) is 4.06. The molecule has 1 aromatic carbocycles. The van der Waals surface area contributed by atoms with Crippen molar-refractivity contribution in [3.8, 4) is 0 Å². The number of primary sulfonamides is 1. The Morgan fingerprint density at radius 2 is 1.68 bits per heavy atom. The summed E-state index contributed by atoms with van der Waals surface area (Å²) >= 11 is 0. The minimum atomic E-state index is -3.83. The molecule has 0 aromatic heterocycles. The lowest BCUT2D eigenvalue weighted by molar-refractivity contribution is 0.561. The van der Waals surface area contributed by atoms with E-state index in [1.165, 1.54) is 12.1 Å². The van der Waals surface area contributed by atoms with E-state index < -0.39 is 20.0 Å². The maximum absolute atomic E-state index is 12.0. The molecule has 1 rings (SSSR count). The molecule has 19 heavy (non-hydrogen) atoms. The van der Waals surface area contributed by atoms with Gasteiger partial charge in [0, 0.05) is 6.04 Å². The smallest absolute Gasteiger partial charge is 0.225 e. The zero-order valence-corrected chi connectivity index (χ0v) is 12.0. The van der Waals surface area contributed by atoms with E-state index in [9.17, 15) is 16.8 Å². The fourth-order valence-electron chi connectivity index (χ4n) is 1.44. The van der Waals surface area contributed by atoms with Crippen molar-refractivity contribution in [2.45, 2.75) is 29.2 Å². The lowest BCUT2D eigenvalue weighted by Crippen LogP contribution is -2.32. The third-order valence-corrected chi connectivity index (χ3v) is 4.87. The van der Waals surface area contributed by atoms with Gasteiger partial charge in [0.15, 0.2) is 0 Å². The first-order chi connectivity index (χ1) is 8.66. The van der Waals surface area contributed by atoms with Gasteiger partial charge >= 0.3 is 0 Å². The van der Waals surface area contributed by atoms with Crippen LogP contribution in [0.4, 0.5) is 0 Å². The molecule has 6 nitrogen and oxygen atoms in total. The Morgan fingerprint density at radius 1 is 1.21 bits per heavy atom. The van der Waals surface area contributed by atoms with E-state index in [1.807, 2.05) is 0 Å². The summed E-state index contributed by atoms with van der Waals surface area (Å²) in [4.78, 5) is -0.151. The van der Waals surface area contributed by atoms with Crippen LogP contribution in [0.5, 0.6) is 0 Å². The van der Waals surface area contributed by atoms with Gasteiger partial charge in [0.1, 0.15) is 0 Å². The van der Waals surface area contributed by atoms with Crippen LogP contribution in [0.1, 0.15) is 13.3 Å². The van der Waals surface area contributed by atoms with Crippen LogP contribution in [0.3, 0.4) is 0 Å². The highest BCUT2D eigenvalue weighted by Gasteiger charge is 2.17. The van der Waals surface area contributed by atoms with E-state index in [0.717, 1.165) is 12.1 Å². The monoisotopic (exact) mass is 304 g/mol. The second kappa shape index (κ2) is 5.83. The molecule has 106 valence electrons. The number of benzene rings is 1. The van der Waals surface area contributed by atoms with Gasteiger partial charge in [-0.2, -0.15) is 0 Å². The van der Waals surface area contributed by atoms with E-state index in [4.69, 9.17) is 5.14 Å². The normalized spacial score (nSPS) is 14.0. The molecule has 0 heterocycles. The van der Waals surface area contributed by atoms with Gasteiger partial charge in [0.2, 0.25) is 20.0 Å². The van der Waals surface area contributed by atoms with Gasteiger partial charge in [0.05, 0.1) is 9.79 Å². The molecule has 3 N–H and O–H groups in total. The number of nitrogens with one attached hydrogen (secondary N) is 1. The summed E-state index contributed by atoms with van der Waals surface area (Å²) in [5.74, 6) is 0. The van der Waals surface area contributed by atoms with Crippen LogP contribution in [-0.4, -0.2) is 22.9 Å². The fraction of sp³-hybridized carbons (Fsp3) is 0.273. The van der Waals surface area contributed by atoms with Crippen molar-refractivity contribution in [3.63, 3.8) is 0 Å². The molecule has 0 spiro atoms. The zero-order valence-electron chi connectivity index (χ0n) is 10.4. The lowest BCUT2D eigenvalue weighted by Gasteiger charge is -2.12. The summed E-state index contributed by atoms with van der Waals surface area (Å²) in [7, 11) is -7.50. The van der Waals surface area contributed by atoms with Crippen LogP contribution in [0.25, 0.3) is 0 Å². The average Bonchev–Trinajstić information content (AvgIpc) is 2.27. The summed E-state index contributed by atoms with van der Waals surface area (Å²) in [6.07, 6.45) is 2.10. The predicted octanol–water partition coefficient (Wildman–Crippen LogP) is 0.577. The molecule has 1 aromatic rings. The van der Waals surface area contributed by atoms with Crippen molar-refractivity contribution < 1.29 is 16.8 Å². The Balaban J connectivity index is 3.00. The van der Waals surface area contributed by atoms with E-state index in [2.05, 4.69) is 11.3 Å². The number of sulfonamides is 2. The molecule has 0 aliphatic heterocycles. The quantitative estimate of drug-likeness (QED) is 0.749. The summed E-state index contributed by atoms with van der Waals surface area (Å²) in [6.45, 7) is 5.23. The molecule has 0 saturated carbocycles.